The molecule has 0 spiro atoms. The minimum absolute atomic E-state index is 0. The van der Waals surface area contributed by atoms with Crippen molar-refractivity contribution >= 4 is 48.0 Å². The first-order chi connectivity index (χ1) is 12.2. The molecule has 0 fully saturated rings. The molecule has 0 amide bonds. The highest BCUT2D eigenvalue weighted by atomic mass is 35.5. The van der Waals surface area contributed by atoms with Crippen molar-refractivity contribution in [3.63, 3.8) is 0 Å². The van der Waals surface area contributed by atoms with Crippen LogP contribution in [0.25, 0.3) is 0 Å². The third-order valence-corrected chi connectivity index (χ3v) is 4.22. The summed E-state index contributed by atoms with van der Waals surface area (Å²) in [7, 11) is 0. The Morgan fingerprint density at radius 3 is 2.44 bits per heavy atom. The zero-order valence-corrected chi connectivity index (χ0v) is 18.1. The van der Waals surface area contributed by atoms with Gasteiger partial charge in [0.05, 0.1) is 6.61 Å². The van der Waals surface area contributed by atoms with Gasteiger partial charge in [0.1, 0.15) is 12.4 Å². The molecule has 0 saturated carbocycles. The highest BCUT2D eigenvalue weighted by Crippen LogP contribution is 2.23. The van der Waals surface area contributed by atoms with Crippen LogP contribution in [0.15, 0.2) is 42.5 Å². The van der Waals surface area contributed by atoms with Gasteiger partial charge in [-0.2, -0.15) is 0 Å². The van der Waals surface area contributed by atoms with Crippen molar-refractivity contribution in [3.8, 4) is 5.75 Å². The van der Waals surface area contributed by atoms with Gasteiger partial charge in [-0.1, -0.05) is 41.4 Å². The fraction of sp³-hybridized carbons (Fsp3) is 0.368. The molecule has 0 bridgehead atoms. The molecule has 2 aromatic carbocycles. The number of hydrogen-bond donors (Lipinski definition) is 3. The summed E-state index contributed by atoms with van der Waals surface area (Å²) in [5.74, 6) is 0.815. The predicted molar refractivity (Wildman–Crippen MR) is 118 cm³/mol. The zero-order chi connectivity index (χ0) is 17.9. The van der Waals surface area contributed by atoms with E-state index in [2.05, 4.69) is 16.7 Å². The normalized spacial score (nSPS) is 10.0. The highest BCUT2D eigenvalue weighted by Gasteiger charge is 2.03. The van der Waals surface area contributed by atoms with Crippen molar-refractivity contribution in [2.75, 3.05) is 26.2 Å². The molecule has 0 saturated heterocycles. The van der Waals surface area contributed by atoms with Crippen LogP contribution < -0.4 is 15.4 Å². The Morgan fingerprint density at radius 1 is 0.926 bits per heavy atom. The molecular weight excluding hydrogens is 430 g/mol. The molecule has 0 atom stereocenters. The Balaban J connectivity index is 0.00000338. The lowest BCUT2D eigenvalue weighted by atomic mass is 10.2. The lowest BCUT2D eigenvalue weighted by Crippen LogP contribution is -2.23. The monoisotopic (exact) mass is 454 g/mol. The second-order valence-corrected chi connectivity index (χ2v) is 6.52. The Kier molecular flexibility index (Phi) is 14.8. The van der Waals surface area contributed by atoms with Gasteiger partial charge in [0.2, 0.25) is 0 Å². The quantitative estimate of drug-likeness (QED) is 0.437. The van der Waals surface area contributed by atoms with Gasteiger partial charge in [-0.3, -0.25) is 0 Å². The van der Waals surface area contributed by atoms with Crippen molar-refractivity contribution < 1.29 is 9.84 Å². The third kappa shape index (κ3) is 10.4. The number of nitrogens with one attached hydrogen (secondary N) is 2. The Bertz CT molecular complexity index is 659. The molecule has 4 nitrogen and oxygen atoms in total. The molecule has 27 heavy (non-hydrogen) atoms. The van der Waals surface area contributed by atoms with Gasteiger partial charge in [-0.15, -0.1) is 24.8 Å². The van der Waals surface area contributed by atoms with E-state index in [-0.39, 0.29) is 31.4 Å². The first-order valence-corrected chi connectivity index (χ1v) is 9.12. The van der Waals surface area contributed by atoms with Crippen molar-refractivity contribution in [3.05, 3.63) is 63.6 Å². The Hall–Kier alpha value is -0.720. The van der Waals surface area contributed by atoms with E-state index in [0.29, 0.717) is 23.2 Å². The van der Waals surface area contributed by atoms with E-state index >= 15 is 0 Å². The molecule has 0 heterocycles. The minimum Gasteiger partial charge on any atom is -0.489 e. The second kappa shape index (κ2) is 15.2. The molecule has 0 aromatic heterocycles. The van der Waals surface area contributed by atoms with Crippen LogP contribution in [-0.4, -0.2) is 31.3 Å². The summed E-state index contributed by atoms with van der Waals surface area (Å²) in [5.41, 5.74) is 2.08. The van der Waals surface area contributed by atoms with Gasteiger partial charge in [0.15, 0.2) is 0 Å². The summed E-state index contributed by atoms with van der Waals surface area (Å²) in [6.45, 7) is 3.85. The number of halogens is 4. The molecular formula is C19H26Cl4N2O2. The van der Waals surface area contributed by atoms with Crippen LogP contribution >= 0.6 is 48.0 Å². The summed E-state index contributed by atoms with van der Waals surface area (Å²) >= 11 is 12.1. The predicted octanol–water partition coefficient (Wildman–Crippen LogP) is 4.48. The van der Waals surface area contributed by atoms with E-state index < -0.39 is 0 Å². The van der Waals surface area contributed by atoms with Gasteiger partial charge in [-0.25, -0.2) is 0 Å². The fourth-order valence-electron chi connectivity index (χ4n) is 2.32. The summed E-state index contributed by atoms with van der Waals surface area (Å²) in [4.78, 5) is 0. The van der Waals surface area contributed by atoms with Gasteiger partial charge >= 0.3 is 0 Å². The van der Waals surface area contributed by atoms with E-state index in [9.17, 15) is 0 Å². The third-order valence-electron chi connectivity index (χ3n) is 3.63. The molecule has 152 valence electrons. The first-order valence-electron chi connectivity index (χ1n) is 8.37. The van der Waals surface area contributed by atoms with Gasteiger partial charge in [-0.05, 0) is 49.3 Å². The van der Waals surface area contributed by atoms with Crippen LogP contribution in [0.1, 0.15) is 17.5 Å². The molecule has 8 heteroatoms. The SMILES string of the molecule is Cl.Cl.OCCNCCCNCc1cccc(OCc2ccc(Cl)cc2Cl)c1. The van der Waals surface area contributed by atoms with Crippen LogP contribution in [0.4, 0.5) is 0 Å². The van der Waals surface area contributed by atoms with Crippen LogP contribution in [0.2, 0.25) is 10.0 Å². The first kappa shape index (κ1) is 26.3. The minimum atomic E-state index is 0. The largest absolute Gasteiger partial charge is 0.489 e. The standard InChI is InChI=1S/C19H24Cl2N2O2.2ClH/c20-17-6-5-16(19(21)12-17)14-25-18-4-1-3-15(11-18)13-23-8-2-7-22-9-10-24;;/h1,3-6,11-12,22-24H,2,7-10,13-14H2;2*1H. The average Bonchev–Trinajstić information content (AvgIpc) is 2.61. The van der Waals surface area contributed by atoms with Crippen molar-refractivity contribution in [2.24, 2.45) is 0 Å². The number of aliphatic hydroxyl groups excluding tert-OH is 1. The second-order valence-electron chi connectivity index (χ2n) is 5.68. The molecule has 0 radical (unpaired) electrons. The van der Waals surface area contributed by atoms with Gasteiger partial charge in [0.25, 0.3) is 0 Å². The van der Waals surface area contributed by atoms with Crippen LogP contribution in [-0.2, 0) is 13.2 Å². The maximum Gasteiger partial charge on any atom is 0.120 e. The zero-order valence-electron chi connectivity index (χ0n) is 14.9. The summed E-state index contributed by atoms with van der Waals surface area (Å²) < 4.78 is 5.84. The molecule has 0 aliphatic heterocycles. The van der Waals surface area contributed by atoms with Crippen LogP contribution in [0.3, 0.4) is 0 Å². The topological polar surface area (TPSA) is 53.5 Å². The van der Waals surface area contributed by atoms with E-state index in [1.165, 1.54) is 5.56 Å². The lowest BCUT2D eigenvalue weighted by molar-refractivity contribution is 0.292. The molecule has 2 aromatic rings. The maximum absolute atomic E-state index is 8.68. The number of ether oxygens (including phenoxy) is 1. The van der Waals surface area contributed by atoms with Gasteiger partial charge in [0, 0.05) is 28.7 Å². The summed E-state index contributed by atoms with van der Waals surface area (Å²) in [5, 5.41) is 16.5. The summed E-state index contributed by atoms with van der Waals surface area (Å²) in [6.07, 6.45) is 1.02. The molecule has 0 aliphatic rings. The lowest BCUT2D eigenvalue weighted by Gasteiger charge is -2.10. The van der Waals surface area contributed by atoms with Crippen LogP contribution in [0.5, 0.6) is 5.75 Å². The van der Waals surface area contributed by atoms with Crippen molar-refractivity contribution in [1.82, 2.24) is 10.6 Å². The number of rotatable bonds is 11. The Labute approximate surface area is 183 Å². The van der Waals surface area contributed by atoms with E-state index in [0.717, 1.165) is 37.4 Å². The highest BCUT2D eigenvalue weighted by molar-refractivity contribution is 6.35. The van der Waals surface area contributed by atoms with Crippen molar-refractivity contribution in [1.29, 1.82) is 0 Å². The summed E-state index contributed by atoms with van der Waals surface area (Å²) in [6, 6.07) is 13.4. The molecule has 3 N–H and O–H groups in total. The maximum atomic E-state index is 8.68. The average molecular weight is 456 g/mol. The van der Waals surface area contributed by atoms with E-state index in [4.69, 9.17) is 33.0 Å². The van der Waals surface area contributed by atoms with Crippen molar-refractivity contribution in [2.45, 2.75) is 19.6 Å². The van der Waals surface area contributed by atoms with E-state index in [1.54, 1.807) is 6.07 Å². The van der Waals surface area contributed by atoms with E-state index in [1.807, 2.05) is 30.3 Å². The molecule has 0 aliphatic carbocycles. The fourth-order valence-corrected chi connectivity index (χ4v) is 2.78. The van der Waals surface area contributed by atoms with Crippen LogP contribution in [0, 0.1) is 0 Å². The Morgan fingerprint density at radius 2 is 1.70 bits per heavy atom. The number of benzene rings is 2. The number of aliphatic hydroxyl groups is 1. The number of hydrogen-bond acceptors (Lipinski definition) is 4. The smallest absolute Gasteiger partial charge is 0.120 e. The van der Waals surface area contributed by atoms with Gasteiger partial charge < -0.3 is 20.5 Å². The molecule has 0 unspecified atom stereocenters. The molecule has 2 rings (SSSR count).